The molecule has 0 saturated carbocycles. The number of carbonyl (C=O) groups excluding carboxylic acids is 3. The Morgan fingerprint density at radius 3 is 2.25 bits per heavy atom. The van der Waals surface area contributed by atoms with E-state index in [1.54, 1.807) is 24.3 Å². The highest BCUT2D eigenvalue weighted by molar-refractivity contribution is 6.40. The molecule has 0 aliphatic carbocycles. The van der Waals surface area contributed by atoms with E-state index in [-0.39, 0.29) is 5.91 Å². The summed E-state index contributed by atoms with van der Waals surface area (Å²) in [6, 6.07) is 16.1. The summed E-state index contributed by atoms with van der Waals surface area (Å²) < 4.78 is 0. The van der Waals surface area contributed by atoms with Crippen LogP contribution in [0.1, 0.15) is 22.3 Å². The molecule has 7 nitrogen and oxygen atoms in total. The van der Waals surface area contributed by atoms with Crippen molar-refractivity contribution in [1.29, 1.82) is 0 Å². The molecule has 0 heterocycles. The average Bonchev–Trinajstić information content (AvgIpc) is 2.70. The number of hydrogen-bond acceptors (Lipinski definition) is 4. The molecule has 7 heteroatoms. The number of para-hydroxylation sites is 1. The zero-order valence-corrected chi connectivity index (χ0v) is 16.2. The normalized spacial score (nSPS) is 10.4. The zero-order valence-electron chi connectivity index (χ0n) is 16.2. The second-order valence-electron chi connectivity index (χ2n) is 6.58. The Morgan fingerprint density at radius 2 is 1.54 bits per heavy atom. The van der Waals surface area contributed by atoms with E-state index < -0.39 is 11.8 Å². The van der Waals surface area contributed by atoms with Crippen LogP contribution in [0.2, 0.25) is 0 Å². The summed E-state index contributed by atoms with van der Waals surface area (Å²) in [5.41, 5.74) is 1.56. The Kier molecular flexibility index (Phi) is 8.17. The van der Waals surface area contributed by atoms with E-state index in [9.17, 15) is 14.4 Å². The summed E-state index contributed by atoms with van der Waals surface area (Å²) in [6.07, 6.45) is 0.741. The van der Waals surface area contributed by atoms with Gasteiger partial charge in [-0.2, -0.15) is 0 Å². The quantitative estimate of drug-likeness (QED) is 0.478. The summed E-state index contributed by atoms with van der Waals surface area (Å²) in [7, 11) is 3.88. The maximum absolute atomic E-state index is 12.5. The van der Waals surface area contributed by atoms with Crippen molar-refractivity contribution in [3.63, 3.8) is 0 Å². The van der Waals surface area contributed by atoms with E-state index in [0.717, 1.165) is 18.5 Å². The number of carbonyl (C=O) groups is 3. The van der Waals surface area contributed by atoms with Crippen molar-refractivity contribution in [3.8, 4) is 0 Å². The van der Waals surface area contributed by atoms with E-state index in [1.165, 1.54) is 0 Å². The number of anilines is 1. The van der Waals surface area contributed by atoms with Gasteiger partial charge in [0.25, 0.3) is 5.91 Å². The minimum atomic E-state index is -0.798. The molecule has 2 aromatic carbocycles. The molecule has 0 atom stereocenters. The van der Waals surface area contributed by atoms with Crippen LogP contribution in [0.4, 0.5) is 5.69 Å². The number of hydrogen-bond donors (Lipinski definition) is 3. The molecule has 0 saturated heterocycles. The third kappa shape index (κ3) is 6.85. The standard InChI is InChI=1S/C21H26N4O3/c1-25(2)14-8-13-22-20(27)21(28)24-18-12-7-6-11-17(18)19(26)23-15-16-9-4-3-5-10-16/h3-7,9-12H,8,13-15H2,1-2H3,(H,22,27)(H,23,26)(H,24,28). The highest BCUT2D eigenvalue weighted by atomic mass is 16.2. The van der Waals surface area contributed by atoms with Crippen LogP contribution in [0.15, 0.2) is 54.6 Å². The van der Waals surface area contributed by atoms with Crippen LogP contribution in [-0.2, 0) is 16.1 Å². The molecule has 0 aromatic heterocycles. The van der Waals surface area contributed by atoms with Crippen molar-refractivity contribution in [1.82, 2.24) is 15.5 Å². The molecule has 3 N–H and O–H groups in total. The molecular formula is C21H26N4O3. The largest absolute Gasteiger partial charge is 0.348 e. The second kappa shape index (κ2) is 10.8. The van der Waals surface area contributed by atoms with Crippen molar-refractivity contribution < 1.29 is 14.4 Å². The van der Waals surface area contributed by atoms with E-state index in [2.05, 4.69) is 16.0 Å². The van der Waals surface area contributed by atoms with Gasteiger partial charge in [0.15, 0.2) is 0 Å². The van der Waals surface area contributed by atoms with Crippen LogP contribution in [-0.4, -0.2) is 49.8 Å². The second-order valence-corrected chi connectivity index (χ2v) is 6.58. The molecule has 0 aliphatic heterocycles. The highest BCUT2D eigenvalue weighted by Gasteiger charge is 2.17. The van der Waals surface area contributed by atoms with Crippen LogP contribution in [0, 0.1) is 0 Å². The van der Waals surface area contributed by atoms with Gasteiger partial charge < -0.3 is 20.9 Å². The molecule has 0 radical (unpaired) electrons. The van der Waals surface area contributed by atoms with Crippen LogP contribution >= 0.6 is 0 Å². The molecule has 0 fully saturated rings. The Bertz CT molecular complexity index is 806. The fourth-order valence-electron chi connectivity index (χ4n) is 2.52. The first-order valence-electron chi connectivity index (χ1n) is 9.12. The van der Waals surface area contributed by atoms with Gasteiger partial charge in [0.1, 0.15) is 0 Å². The van der Waals surface area contributed by atoms with Gasteiger partial charge in [0.05, 0.1) is 11.3 Å². The Hall–Kier alpha value is -3.19. The van der Waals surface area contributed by atoms with Crippen molar-refractivity contribution in [2.24, 2.45) is 0 Å². The maximum atomic E-state index is 12.5. The van der Waals surface area contributed by atoms with Gasteiger partial charge in [0, 0.05) is 13.1 Å². The topological polar surface area (TPSA) is 90.5 Å². The van der Waals surface area contributed by atoms with Gasteiger partial charge >= 0.3 is 11.8 Å². The SMILES string of the molecule is CN(C)CCCNC(=O)C(=O)Nc1ccccc1C(=O)NCc1ccccc1. The summed E-state index contributed by atoms with van der Waals surface area (Å²) in [5, 5.41) is 7.91. The molecule has 2 aromatic rings. The van der Waals surface area contributed by atoms with E-state index in [0.29, 0.717) is 24.3 Å². The first-order valence-corrected chi connectivity index (χ1v) is 9.12. The predicted octanol–water partition coefficient (Wildman–Crippen LogP) is 1.62. The molecule has 148 valence electrons. The third-order valence-electron chi connectivity index (χ3n) is 3.99. The third-order valence-corrected chi connectivity index (χ3v) is 3.99. The van der Waals surface area contributed by atoms with Crippen LogP contribution in [0.3, 0.4) is 0 Å². The van der Waals surface area contributed by atoms with Crippen LogP contribution < -0.4 is 16.0 Å². The monoisotopic (exact) mass is 382 g/mol. The lowest BCUT2D eigenvalue weighted by molar-refractivity contribution is -0.136. The molecular weight excluding hydrogens is 356 g/mol. The number of rotatable bonds is 8. The number of amides is 3. The number of nitrogens with zero attached hydrogens (tertiary/aromatic N) is 1. The van der Waals surface area contributed by atoms with Crippen LogP contribution in [0.5, 0.6) is 0 Å². The summed E-state index contributed by atoms with van der Waals surface area (Å²) >= 11 is 0. The first-order chi connectivity index (χ1) is 13.5. The number of benzene rings is 2. The minimum Gasteiger partial charge on any atom is -0.348 e. The minimum absolute atomic E-state index is 0.293. The molecule has 0 unspecified atom stereocenters. The van der Waals surface area contributed by atoms with Crippen molar-refractivity contribution in [2.45, 2.75) is 13.0 Å². The number of nitrogens with one attached hydrogen (secondary N) is 3. The molecule has 28 heavy (non-hydrogen) atoms. The van der Waals surface area contributed by atoms with Gasteiger partial charge in [0.2, 0.25) is 0 Å². The van der Waals surface area contributed by atoms with E-state index in [4.69, 9.17) is 0 Å². The van der Waals surface area contributed by atoms with E-state index in [1.807, 2.05) is 49.3 Å². The summed E-state index contributed by atoms with van der Waals surface area (Å²) in [4.78, 5) is 38.6. The van der Waals surface area contributed by atoms with Gasteiger partial charge in [-0.25, -0.2) is 0 Å². The van der Waals surface area contributed by atoms with Crippen molar-refractivity contribution >= 4 is 23.4 Å². The molecule has 0 bridgehead atoms. The lowest BCUT2D eigenvalue weighted by Gasteiger charge is -2.12. The Morgan fingerprint density at radius 1 is 0.857 bits per heavy atom. The Labute approximate surface area is 165 Å². The van der Waals surface area contributed by atoms with Crippen LogP contribution in [0.25, 0.3) is 0 Å². The fraction of sp³-hybridized carbons (Fsp3) is 0.286. The highest BCUT2D eigenvalue weighted by Crippen LogP contribution is 2.15. The predicted molar refractivity (Wildman–Crippen MR) is 109 cm³/mol. The summed E-state index contributed by atoms with van der Waals surface area (Å²) in [5.74, 6) is -1.85. The zero-order chi connectivity index (χ0) is 20.4. The lowest BCUT2D eigenvalue weighted by atomic mass is 10.1. The molecule has 3 amide bonds. The van der Waals surface area contributed by atoms with Crippen molar-refractivity contribution in [2.75, 3.05) is 32.5 Å². The maximum Gasteiger partial charge on any atom is 0.313 e. The van der Waals surface area contributed by atoms with Crippen molar-refractivity contribution in [3.05, 3.63) is 65.7 Å². The first kappa shape index (κ1) is 21.1. The van der Waals surface area contributed by atoms with Gasteiger partial charge in [-0.1, -0.05) is 42.5 Å². The molecule has 2 rings (SSSR count). The smallest absolute Gasteiger partial charge is 0.313 e. The Balaban J connectivity index is 1.92. The lowest BCUT2D eigenvalue weighted by Crippen LogP contribution is -2.37. The van der Waals surface area contributed by atoms with Gasteiger partial charge in [-0.15, -0.1) is 0 Å². The van der Waals surface area contributed by atoms with Gasteiger partial charge in [-0.3, -0.25) is 14.4 Å². The average molecular weight is 382 g/mol. The van der Waals surface area contributed by atoms with Gasteiger partial charge in [-0.05, 0) is 44.8 Å². The van der Waals surface area contributed by atoms with E-state index >= 15 is 0 Å². The molecule has 0 aliphatic rings. The summed E-state index contributed by atoms with van der Waals surface area (Å²) in [6.45, 7) is 1.59. The molecule has 0 spiro atoms. The fourth-order valence-corrected chi connectivity index (χ4v) is 2.52.